The number of anilines is 1. The molecule has 1 aliphatic heterocycles. The van der Waals surface area contributed by atoms with Crippen molar-refractivity contribution in [3.8, 4) is 0 Å². The maximum atomic E-state index is 11.8. The molecule has 0 aliphatic carbocycles. The van der Waals surface area contributed by atoms with Crippen molar-refractivity contribution >= 4 is 34.9 Å². The lowest BCUT2D eigenvalue weighted by Gasteiger charge is -2.16. The standard InChI is InChI=1S/C12H11ClN2O4/c1-2-19-12(18)9-10(16)11(17)15(14-9)8-5-3-7(13)4-6-8/h3-6,9,14H,2H2,1H3. The molecule has 7 heteroatoms. The number of rotatable bonds is 3. The summed E-state index contributed by atoms with van der Waals surface area (Å²) >= 11 is 5.74. The first-order valence-corrected chi connectivity index (χ1v) is 5.99. The Morgan fingerprint density at radius 3 is 2.58 bits per heavy atom. The highest BCUT2D eigenvalue weighted by atomic mass is 35.5. The molecular formula is C12H11ClN2O4. The summed E-state index contributed by atoms with van der Waals surface area (Å²) in [6.45, 7) is 1.76. The van der Waals surface area contributed by atoms with E-state index in [9.17, 15) is 14.4 Å². The van der Waals surface area contributed by atoms with E-state index in [1.165, 1.54) is 0 Å². The monoisotopic (exact) mass is 282 g/mol. The van der Waals surface area contributed by atoms with Crippen LogP contribution in [0.1, 0.15) is 6.92 Å². The summed E-state index contributed by atoms with van der Waals surface area (Å²) in [6.07, 6.45) is 0. The highest BCUT2D eigenvalue weighted by molar-refractivity contribution is 6.48. The molecule has 19 heavy (non-hydrogen) atoms. The third kappa shape index (κ3) is 2.59. The van der Waals surface area contributed by atoms with Crippen molar-refractivity contribution in [1.82, 2.24) is 5.43 Å². The summed E-state index contributed by atoms with van der Waals surface area (Å²) in [5.74, 6) is -2.41. The predicted molar refractivity (Wildman–Crippen MR) is 67.5 cm³/mol. The number of amides is 1. The van der Waals surface area contributed by atoms with Gasteiger partial charge in [-0.25, -0.2) is 15.2 Å². The maximum Gasteiger partial charge on any atom is 0.333 e. The summed E-state index contributed by atoms with van der Waals surface area (Å²) < 4.78 is 4.73. The van der Waals surface area contributed by atoms with Gasteiger partial charge in [-0.1, -0.05) is 11.6 Å². The van der Waals surface area contributed by atoms with Crippen LogP contribution in [-0.4, -0.2) is 30.3 Å². The number of nitrogens with one attached hydrogen (secondary N) is 1. The number of esters is 1. The van der Waals surface area contributed by atoms with Crippen LogP contribution in [0.25, 0.3) is 0 Å². The first-order valence-electron chi connectivity index (χ1n) is 5.61. The molecule has 1 fully saturated rings. The molecule has 0 aromatic heterocycles. The molecule has 6 nitrogen and oxygen atoms in total. The molecule has 1 aromatic rings. The van der Waals surface area contributed by atoms with Gasteiger partial charge in [0.25, 0.3) is 5.78 Å². The van der Waals surface area contributed by atoms with E-state index >= 15 is 0 Å². The third-order valence-corrected chi connectivity index (χ3v) is 2.79. The normalized spacial score (nSPS) is 18.8. The molecule has 1 aliphatic rings. The Morgan fingerprint density at radius 1 is 1.37 bits per heavy atom. The molecule has 0 bridgehead atoms. The van der Waals surface area contributed by atoms with Crippen molar-refractivity contribution in [3.05, 3.63) is 29.3 Å². The van der Waals surface area contributed by atoms with Crippen molar-refractivity contribution in [3.63, 3.8) is 0 Å². The molecule has 0 spiro atoms. The number of hydrogen-bond donors (Lipinski definition) is 1. The lowest BCUT2D eigenvalue weighted by Crippen LogP contribution is -2.42. The number of nitrogens with zero attached hydrogens (tertiary/aromatic N) is 1. The zero-order valence-corrected chi connectivity index (χ0v) is 10.8. The third-order valence-electron chi connectivity index (χ3n) is 2.54. The predicted octanol–water partition coefficient (Wildman–Crippen LogP) is 0.692. The first-order chi connectivity index (χ1) is 9.04. The van der Waals surface area contributed by atoms with Gasteiger partial charge in [0.05, 0.1) is 12.3 Å². The summed E-state index contributed by atoms with van der Waals surface area (Å²) in [6, 6.07) is 4.99. The summed E-state index contributed by atoms with van der Waals surface area (Å²) in [4.78, 5) is 35.0. The highest BCUT2D eigenvalue weighted by Gasteiger charge is 2.44. The highest BCUT2D eigenvalue weighted by Crippen LogP contribution is 2.20. The fraction of sp³-hybridized carbons (Fsp3) is 0.250. The van der Waals surface area contributed by atoms with Gasteiger partial charge in [-0.15, -0.1) is 0 Å². The van der Waals surface area contributed by atoms with Crippen LogP contribution in [0.3, 0.4) is 0 Å². The molecule has 1 amide bonds. The minimum Gasteiger partial charge on any atom is -0.464 e. The first kappa shape index (κ1) is 13.5. The SMILES string of the molecule is CCOC(=O)C1NN(c2ccc(Cl)cc2)C(=O)C1=O. The van der Waals surface area contributed by atoms with Crippen LogP contribution in [0.5, 0.6) is 0 Å². The number of carbonyl (C=O) groups is 3. The molecule has 1 aromatic carbocycles. The summed E-state index contributed by atoms with van der Waals surface area (Å²) in [7, 11) is 0. The number of ketones is 1. The van der Waals surface area contributed by atoms with Crippen LogP contribution in [0.2, 0.25) is 5.02 Å². The number of benzene rings is 1. The number of hydrazine groups is 1. The largest absolute Gasteiger partial charge is 0.464 e. The van der Waals surface area contributed by atoms with Crippen LogP contribution in [-0.2, 0) is 19.1 Å². The Balaban J connectivity index is 2.21. The van der Waals surface area contributed by atoms with E-state index in [0.717, 1.165) is 5.01 Å². The minimum atomic E-state index is -1.29. The van der Waals surface area contributed by atoms with E-state index in [0.29, 0.717) is 10.7 Å². The van der Waals surface area contributed by atoms with Crippen molar-refractivity contribution in [1.29, 1.82) is 0 Å². The number of hydrogen-bond acceptors (Lipinski definition) is 5. The van der Waals surface area contributed by atoms with Crippen molar-refractivity contribution in [2.75, 3.05) is 11.6 Å². The summed E-state index contributed by atoms with van der Waals surface area (Å²) in [5, 5.41) is 1.52. The zero-order chi connectivity index (χ0) is 14.0. The average molecular weight is 283 g/mol. The van der Waals surface area contributed by atoms with Crippen LogP contribution in [0.15, 0.2) is 24.3 Å². The van der Waals surface area contributed by atoms with Gasteiger partial charge in [-0.3, -0.25) is 9.59 Å². The topological polar surface area (TPSA) is 75.7 Å². The molecular weight excluding hydrogens is 272 g/mol. The molecule has 100 valence electrons. The number of carbonyl (C=O) groups excluding carboxylic acids is 3. The second-order valence-corrected chi connectivity index (χ2v) is 4.23. The Morgan fingerprint density at radius 2 is 2.00 bits per heavy atom. The van der Waals surface area contributed by atoms with Gasteiger partial charge < -0.3 is 4.74 Å². The molecule has 1 atom stereocenters. The second-order valence-electron chi connectivity index (χ2n) is 3.80. The Bertz CT molecular complexity index is 529. The van der Waals surface area contributed by atoms with E-state index in [1.807, 2.05) is 0 Å². The van der Waals surface area contributed by atoms with Gasteiger partial charge >= 0.3 is 11.9 Å². The van der Waals surface area contributed by atoms with Crippen LogP contribution >= 0.6 is 11.6 Å². The quantitative estimate of drug-likeness (QED) is 0.501. The molecule has 2 rings (SSSR count). The fourth-order valence-electron chi connectivity index (χ4n) is 1.65. The Hall–Kier alpha value is -1.92. The van der Waals surface area contributed by atoms with Gasteiger partial charge in [-0.05, 0) is 31.2 Å². The van der Waals surface area contributed by atoms with E-state index in [1.54, 1.807) is 31.2 Å². The molecule has 1 heterocycles. The van der Waals surface area contributed by atoms with Gasteiger partial charge in [0.2, 0.25) is 0 Å². The molecule has 1 N–H and O–H groups in total. The number of ether oxygens (including phenoxy) is 1. The lowest BCUT2D eigenvalue weighted by atomic mass is 10.2. The Kier molecular flexibility index (Phi) is 3.82. The van der Waals surface area contributed by atoms with Gasteiger partial charge in [0, 0.05) is 5.02 Å². The second kappa shape index (κ2) is 5.38. The van der Waals surface area contributed by atoms with Crippen LogP contribution in [0.4, 0.5) is 5.69 Å². The van der Waals surface area contributed by atoms with E-state index in [-0.39, 0.29) is 6.61 Å². The van der Waals surface area contributed by atoms with Crippen LogP contribution < -0.4 is 10.4 Å². The van der Waals surface area contributed by atoms with Crippen molar-refractivity contribution < 1.29 is 19.1 Å². The molecule has 0 saturated carbocycles. The van der Waals surface area contributed by atoms with Gasteiger partial charge in [-0.2, -0.15) is 0 Å². The van der Waals surface area contributed by atoms with E-state index in [4.69, 9.17) is 16.3 Å². The maximum absolute atomic E-state index is 11.8. The van der Waals surface area contributed by atoms with E-state index < -0.39 is 23.7 Å². The molecule has 0 radical (unpaired) electrons. The Labute approximate surface area is 114 Å². The minimum absolute atomic E-state index is 0.138. The van der Waals surface area contributed by atoms with Gasteiger partial charge in [0.1, 0.15) is 0 Å². The number of Topliss-reactive ketones (excluding diaryl/α,β-unsaturated/α-hetero) is 1. The summed E-state index contributed by atoms with van der Waals surface area (Å²) in [5.41, 5.74) is 2.95. The fourth-order valence-corrected chi connectivity index (χ4v) is 1.77. The average Bonchev–Trinajstić information content (AvgIpc) is 2.68. The van der Waals surface area contributed by atoms with E-state index in [2.05, 4.69) is 5.43 Å². The number of halogens is 1. The lowest BCUT2D eigenvalue weighted by molar-refractivity contribution is -0.148. The smallest absolute Gasteiger partial charge is 0.333 e. The van der Waals surface area contributed by atoms with Gasteiger partial charge in [0.15, 0.2) is 6.04 Å². The van der Waals surface area contributed by atoms with Crippen molar-refractivity contribution in [2.45, 2.75) is 13.0 Å². The molecule has 1 unspecified atom stereocenters. The van der Waals surface area contributed by atoms with Crippen molar-refractivity contribution in [2.24, 2.45) is 0 Å². The van der Waals surface area contributed by atoms with Crippen LogP contribution in [0, 0.1) is 0 Å². The zero-order valence-electron chi connectivity index (χ0n) is 10.1. The molecule has 1 saturated heterocycles.